The minimum Gasteiger partial charge on any atom is -0.487 e. The number of nitrogens with two attached hydrogens (primary N) is 1. The van der Waals surface area contributed by atoms with Gasteiger partial charge in [0, 0.05) is 24.5 Å². The summed E-state index contributed by atoms with van der Waals surface area (Å²) in [6.45, 7) is 2.76. The van der Waals surface area contributed by atoms with Crippen molar-refractivity contribution in [2.75, 3.05) is 6.54 Å². The Morgan fingerprint density at radius 2 is 1.82 bits per heavy atom. The van der Waals surface area contributed by atoms with Crippen LogP contribution in [0.3, 0.4) is 0 Å². The molecule has 2 heterocycles. The number of hydrogen-bond acceptors (Lipinski definition) is 5. The molecular weight excluding hydrogens is 440 g/mol. The second kappa shape index (κ2) is 9.43. The number of aromatic nitrogens is 2. The minimum absolute atomic E-state index is 0.0638. The number of primary sulfonamides is 1. The molecule has 0 saturated carbocycles. The van der Waals surface area contributed by atoms with Crippen LogP contribution >= 0.6 is 0 Å². The number of carbonyl (C=O) groups excluding carboxylic acids is 1. The molecule has 0 atom stereocenters. The summed E-state index contributed by atoms with van der Waals surface area (Å²) in [6, 6.07) is 17.2. The van der Waals surface area contributed by atoms with Crippen molar-refractivity contribution in [3.8, 4) is 5.75 Å². The number of carbonyl (C=O) groups is 1. The molecule has 4 rings (SSSR count). The third-order valence-electron chi connectivity index (χ3n) is 5.18. The number of fused-ring (bicyclic) bond motifs is 1. The van der Waals surface area contributed by atoms with Crippen LogP contribution in [0.2, 0.25) is 0 Å². The van der Waals surface area contributed by atoms with Crippen LogP contribution in [-0.2, 0) is 23.1 Å². The first-order valence-electron chi connectivity index (χ1n) is 10.4. The van der Waals surface area contributed by atoms with Crippen LogP contribution in [-0.4, -0.2) is 30.3 Å². The summed E-state index contributed by atoms with van der Waals surface area (Å²) < 4.78 is 30.4. The normalized spacial score (nSPS) is 11.5. The Balaban J connectivity index is 1.27. The maximum atomic E-state index is 12.4. The van der Waals surface area contributed by atoms with Crippen LogP contribution < -0.4 is 15.2 Å². The van der Waals surface area contributed by atoms with Gasteiger partial charge in [-0.25, -0.2) is 18.5 Å². The standard InChI is InChI=1S/C24H24N4O4S/c1-17-3-2-14-28-15-20(27-23(17)28)16-32-21-8-6-19(7-9-21)24(29)26-13-12-18-4-10-22(11-5-18)33(25,30)31/h2-11,14-15H,12-13,16H2,1H3,(H,26,29)(H2,25,30,31). The van der Waals surface area contributed by atoms with Gasteiger partial charge in [0.1, 0.15) is 18.0 Å². The van der Waals surface area contributed by atoms with Gasteiger partial charge in [0.15, 0.2) is 0 Å². The van der Waals surface area contributed by atoms with Crippen molar-refractivity contribution in [1.82, 2.24) is 14.7 Å². The van der Waals surface area contributed by atoms with Gasteiger partial charge in [0.25, 0.3) is 5.91 Å². The van der Waals surface area contributed by atoms with Crippen molar-refractivity contribution in [1.29, 1.82) is 0 Å². The molecule has 4 aromatic rings. The second-order valence-electron chi connectivity index (χ2n) is 7.66. The van der Waals surface area contributed by atoms with Gasteiger partial charge in [-0.2, -0.15) is 0 Å². The zero-order chi connectivity index (χ0) is 23.4. The molecule has 3 N–H and O–H groups in total. The number of nitrogens with zero attached hydrogens (tertiary/aromatic N) is 2. The predicted molar refractivity (Wildman–Crippen MR) is 125 cm³/mol. The highest BCUT2D eigenvalue weighted by Gasteiger charge is 2.09. The number of nitrogens with one attached hydrogen (secondary N) is 1. The number of benzene rings is 2. The first-order valence-corrected chi connectivity index (χ1v) is 11.9. The van der Waals surface area contributed by atoms with E-state index in [-0.39, 0.29) is 10.8 Å². The summed E-state index contributed by atoms with van der Waals surface area (Å²) in [6.07, 6.45) is 4.45. The van der Waals surface area contributed by atoms with Crippen LogP contribution in [0.1, 0.15) is 27.2 Å². The molecule has 0 aliphatic heterocycles. The van der Waals surface area contributed by atoms with E-state index in [1.165, 1.54) is 12.1 Å². The monoisotopic (exact) mass is 464 g/mol. The number of imidazole rings is 1. The van der Waals surface area contributed by atoms with Gasteiger partial charge in [-0.1, -0.05) is 18.2 Å². The molecule has 0 saturated heterocycles. The topological polar surface area (TPSA) is 116 Å². The fourth-order valence-electron chi connectivity index (χ4n) is 3.40. The van der Waals surface area contributed by atoms with Crippen LogP contribution in [0, 0.1) is 6.92 Å². The molecule has 0 aliphatic rings. The largest absolute Gasteiger partial charge is 0.487 e. The maximum Gasteiger partial charge on any atom is 0.251 e. The lowest BCUT2D eigenvalue weighted by Gasteiger charge is -2.08. The van der Waals surface area contributed by atoms with Gasteiger partial charge in [-0.3, -0.25) is 4.79 Å². The number of sulfonamides is 1. The predicted octanol–water partition coefficient (Wildman–Crippen LogP) is 2.84. The van der Waals surface area contributed by atoms with Crippen molar-refractivity contribution in [3.05, 3.63) is 95.4 Å². The first-order chi connectivity index (χ1) is 15.8. The van der Waals surface area contributed by atoms with Crippen molar-refractivity contribution in [3.63, 3.8) is 0 Å². The highest BCUT2D eigenvalue weighted by atomic mass is 32.2. The SMILES string of the molecule is Cc1cccn2cc(COc3ccc(C(=O)NCCc4ccc(S(N)(=O)=O)cc4)cc3)nc12. The molecule has 33 heavy (non-hydrogen) atoms. The first kappa shape index (κ1) is 22.5. The molecule has 0 fully saturated rings. The van der Waals surface area contributed by atoms with Gasteiger partial charge in [-0.05, 0) is 66.9 Å². The van der Waals surface area contributed by atoms with Crippen molar-refractivity contribution in [2.45, 2.75) is 24.8 Å². The van der Waals surface area contributed by atoms with Gasteiger partial charge < -0.3 is 14.5 Å². The third kappa shape index (κ3) is 5.57. The van der Waals surface area contributed by atoms with E-state index < -0.39 is 10.0 Å². The lowest BCUT2D eigenvalue weighted by molar-refractivity contribution is 0.0954. The molecule has 2 aromatic heterocycles. The maximum absolute atomic E-state index is 12.4. The average Bonchev–Trinajstić information content (AvgIpc) is 3.22. The van der Waals surface area contributed by atoms with Gasteiger partial charge in [-0.15, -0.1) is 0 Å². The Bertz CT molecular complexity index is 1380. The highest BCUT2D eigenvalue weighted by molar-refractivity contribution is 7.89. The Morgan fingerprint density at radius 1 is 1.09 bits per heavy atom. The lowest BCUT2D eigenvalue weighted by Crippen LogP contribution is -2.25. The zero-order valence-electron chi connectivity index (χ0n) is 18.1. The number of rotatable bonds is 8. The molecule has 0 bridgehead atoms. The minimum atomic E-state index is -3.71. The summed E-state index contributed by atoms with van der Waals surface area (Å²) in [7, 11) is -3.71. The van der Waals surface area contributed by atoms with E-state index in [1.54, 1.807) is 36.4 Å². The summed E-state index contributed by atoms with van der Waals surface area (Å²) in [4.78, 5) is 17.0. The number of amides is 1. The van der Waals surface area contributed by atoms with E-state index >= 15 is 0 Å². The van der Waals surface area contributed by atoms with Crippen molar-refractivity contribution >= 4 is 21.6 Å². The van der Waals surface area contributed by atoms with E-state index in [1.807, 2.05) is 35.9 Å². The quantitative estimate of drug-likeness (QED) is 0.416. The fourth-order valence-corrected chi connectivity index (χ4v) is 3.92. The van der Waals surface area contributed by atoms with Crippen LogP contribution in [0.15, 0.2) is 78.0 Å². The highest BCUT2D eigenvalue weighted by Crippen LogP contribution is 2.16. The molecule has 0 unspecified atom stereocenters. The van der Waals surface area contributed by atoms with E-state index in [9.17, 15) is 13.2 Å². The smallest absolute Gasteiger partial charge is 0.251 e. The van der Waals surface area contributed by atoms with E-state index in [4.69, 9.17) is 9.88 Å². The molecule has 2 aromatic carbocycles. The molecule has 0 spiro atoms. The second-order valence-corrected chi connectivity index (χ2v) is 9.22. The number of ether oxygens (including phenoxy) is 1. The van der Waals surface area contributed by atoms with E-state index in [0.717, 1.165) is 22.5 Å². The van der Waals surface area contributed by atoms with Crippen LogP contribution in [0.4, 0.5) is 0 Å². The average molecular weight is 465 g/mol. The molecule has 1 amide bonds. The molecule has 8 nitrogen and oxygen atoms in total. The number of pyridine rings is 1. The number of aryl methyl sites for hydroxylation is 1. The van der Waals surface area contributed by atoms with E-state index in [2.05, 4.69) is 10.3 Å². The molecule has 0 radical (unpaired) electrons. The number of hydrogen-bond donors (Lipinski definition) is 2. The Kier molecular flexibility index (Phi) is 6.43. The summed E-state index contributed by atoms with van der Waals surface area (Å²) in [5, 5.41) is 7.95. The van der Waals surface area contributed by atoms with Crippen molar-refractivity contribution < 1.29 is 17.9 Å². The lowest BCUT2D eigenvalue weighted by atomic mass is 10.1. The fraction of sp³-hybridized carbons (Fsp3) is 0.167. The summed E-state index contributed by atoms with van der Waals surface area (Å²) >= 11 is 0. The summed E-state index contributed by atoms with van der Waals surface area (Å²) in [5.41, 5.74) is 4.25. The van der Waals surface area contributed by atoms with Crippen molar-refractivity contribution in [2.24, 2.45) is 5.14 Å². The van der Waals surface area contributed by atoms with Gasteiger partial charge in [0.2, 0.25) is 10.0 Å². The molecule has 0 aliphatic carbocycles. The zero-order valence-corrected chi connectivity index (χ0v) is 18.9. The van der Waals surface area contributed by atoms with Gasteiger partial charge >= 0.3 is 0 Å². The Labute approximate surface area is 192 Å². The Hall–Kier alpha value is -3.69. The van der Waals surface area contributed by atoms with Crippen LogP contribution in [0.5, 0.6) is 5.75 Å². The molecule has 9 heteroatoms. The van der Waals surface area contributed by atoms with Crippen LogP contribution in [0.25, 0.3) is 5.65 Å². The summed E-state index contributed by atoms with van der Waals surface area (Å²) in [5.74, 6) is 0.453. The van der Waals surface area contributed by atoms with Gasteiger partial charge in [0.05, 0.1) is 10.6 Å². The molecular formula is C24H24N4O4S. The molecule has 170 valence electrons. The third-order valence-corrected chi connectivity index (χ3v) is 6.11. The Morgan fingerprint density at radius 3 is 2.48 bits per heavy atom. The van der Waals surface area contributed by atoms with E-state index in [0.29, 0.717) is 30.9 Å².